The van der Waals surface area contributed by atoms with Crippen molar-refractivity contribution in [3.8, 4) is 11.1 Å². The van der Waals surface area contributed by atoms with Crippen molar-refractivity contribution < 1.29 is 9.90 Å². The molecule has 0 radical (unpaired) electrons. The zero-order valence-corrected chi connectivity index (χ0v) is 21.6. The van der Waals surface area contributed by atoms with Gasteiger partial charge in [-0.1, -0.05) is 49.4 Å². The van der Waals surface area contributed by atoms with Gasteiger partial charge in [0, 0.05) is 13.0 Å². The van der Waals surface area contributed by atoms with Crippen molar-refractivity contribution in [2.24, 2.45) is 0 Å². The minimum atomic E-state index is -0.936. The summed E-state index contributed by atoms with van der Waals surface area (Å²) in [7, 11) is 0. The molecule has 0 aliphatic heterocycles. The lowest BCUT2D eigenvalue weighted by atomic mass is 9.99. The topological polar surface area (TPSA) is 72.2 Å². The summed E-state index contributed by atoms with van der Waals surface area (Å²) < 4.78 is 3.51. The zero-order valence-electron chi connectivity index (χ0n) is 17.3. The van der Waals surface area contributed by atoms with Crippen LogP contribution in [-0.2, 0) is 13.0 Å². The highest BCUT2D eigenvalue weighted by Crippen LogP contribution is 2.26. The number of halogens is 2. The maximum atomic E-state index is 12.4. The third-order valence-electron chi connectivity index (χ3n) is 5.31. The lowest BCUT2D eigenvalue weighted by molar-refractivity contribution is 0.0697. The Morgan fingerprint density at radius 3 is 2.41 bits per heavy atom. The molecule has 0 spiro atoms. The van der Waals surface area contributed by atoms with E-state index in [4.69, 9.17) is 4.98 Å². The molecule has 0 unspecified atom stereocenters. The molecule has 162 valence electrons. The lowest BCUT2D eigenvalue weighted by Gasteiger charge is -2.11. The van der Waals surface area contributed by atoms with Gasteiger partial charge in [-0.3, -0.25) is 4.79 Å². The van der Waals surface area contributed by atoms with Crippen LogP contribution in [0.5, 0.6) is 0 Å². The smallest absolute Gasteiger partial charge is 0.336 e. The normalized spacial score (nSPS) is 11.1. The van der Waals surface area contributed by atoms with Crippen molar-refractivity contribution in [2.45, 2.75) is 26.3 Å². The Labute approximate surface area is 212 Å². The van der Waals surface area contributed by atoms with Crippen molar-refractivity contribution in [3.05, 3.63) is 95.0 Å². The predicted molar refractivity (Wildman–Crippen MR) is 143 cm³/mol. The van der Waals surface area contributed by atoms with Crippen LogP contribution in [0.2, 0.25) is 0 Å². The summed E-state index contributed by atoms with van der Waals surface area (Å²) in [5.41, 5.74) is 4.72. The Morgan fingerprint density at radius 2 is 1.72 bits per heavy atom. The fraction of sp³-hybridized carbons (Fsp3) is 0.160. The molecule has 4 aromatic rings. The van der Waals surface area contributed by atoms with Crippen molar-refractivity contribution in [1.29, 1.82) is 0 Å². The van der Waals surface area contributed by atoms with Crippen LogP contribution in [0, 0.1) is 7.14 Å². The van der Waals surface area contributed by atoms with Crippen LogP contribution in [0.15, 0.2) is 65.5 Å². The number of rotatable bonds is 6. The average Bonchev–Trinajstić information content (AvgIpc) is 3.04. The average molecular weight is 650 g/mol. The number of aromatic carboxylic acids is 1. The van der Waals surface area contributed by atoms with E-state index >= 15 is 0 Å². The number of carboxylic acids is 1. The molecule has 32 heavy (non-hydrogen) atoms. The van der Waals surface area contributed by atoms with E-state index in [2.05, 4.69) is 56.7 Å². The van der Waals surface area contributed by atoms with Gasteiger partial charge < -0.3 is 9.67 Å². The Balaban J connectivity index is 1.76. The second-order valence-corrected chi connectivity index (χ2v) is 9.82. The molecule has 7 heteroatoms. The maximum Gasteiger partial charge on any atom is 0.336 e. The van der Waals surface area contributed by atoms with E-state index in [1.807, 2.05) is 48.5 Å². The summed E-state index contributed by atoms with van der Waals surface area (Å²) in [6, 6.07) is 18.8. The zero-order chi connectivity index (χ0) is 22.8. The number of hydrogen-bond acceptors (Lipinski definition) is 3. The van der Waals surface area contributed by atoms with Gasteiger partial charge in [0.05, 0.1) is 23.7 Å². The largest absolute Gasteiger partial charge is 0.478 e. The third-order valence-corrected chi connectivity index (χ3v) is 6.91. The molecule has 4 rings (SSSR count). The monoisotopic (exact) mass is 650 g/mol. The number of hydrogen-bond donors (Lipinski definition) is 1. The van der Waals surface area contributed by atoms with Crippen LogP contribution in [0.3, 0.4) is 0 Å². The maximum absolute atomic E-state index is 12.4. The third kappa shape index (κ3) is 4.59. The Hall–Kier alpha value is -2.27. The number of benzene rings is 2. The van der Waals surface area contributed by atoms with E-state index in [1.54, 1.807) is 12.1 Å². The molecule has 0 bridgehead atoms. The van der Waals surface area contributed by atoms with Crippen LogP contribution >= 0.6 is 45.2 Å². The van der Waals surface area contributed by atoms with Gasteiger partial charge in [-0.25, -0.2) is 9.78 Å². The van der Waals surface area contributed by atoms with Crippen molar-refractivity contribution in [3.63, 3.8) is 0 Å². The number of aromatic nitrogens is 2. The SMILES string of the molecule is CCCc1nc2cc(I)c(=O)c(I)cc2n1Cc1ccc(-c2ccccc2C(=O)O)cc1. The van der Waals surface area contributed by atoms with Crippen molar-refractivity contribution in [1.82, 2.24) is 9.55 Å². The van der Waals surface area contributed by atoms with Crippen LogP contribution in [0.1, 0.15) is 35.1 Å². The summed E-state index contributed by atoms with van der Waals surface area (Å²) in [5, 5.41) is 9.48. The summed E-state index contributed by atoms with van der Waals surface area (Å²) in [6.07, 6.45) is 1.82. The van der Waals surface area contributed by atoms with Gasteiger partial charge >= 0.3 is 5.97 Å². The molecule has 1 N–H and O–H groups in total. The van der Waals surface area contributed by atoms with Crippen molar-refractivity contribution >= 4 is 62.2 Å². The second-order valence-electron chi connectivity index (χ2n) is 7.50. The Kier molecular flexibility index (Phi) is 6.94. The van der Waals surface area contributed by atoms with Gasteiger partial charge in [-0.2, -0.15) is 0 Å². The highest BCUT2D eigenvalue weighted by atomic mass is 127. The molecule has 1 heterocycles. The molecule has 1 aromatic heterocycles. The second kappa shape index (κ2) is 9.70. The molecule has 0 saturated carbocycles. The fourth-order valence-electron chi connectivity index (χ4n) is 3.76. The quantitative estimate of drug-likeness (QED) is 0.261. The van der Waals surface area contributed by atoms with Gasteiger partial charge in [-0.05, 0) is 86.5 Å². The Morgan fingerprint density at radius 1 is 1.03 bits per heavy atom. The van der Waals surface area contributed by atoms with E-state index in [0.717, 1.165) is 40.8 Å². The summed E-state index contributed by atoms with van der Waals surface area (Å²) in [6.45, 7) is 2.75. The van der Waals surface area contributed by atoms with Crippen LogP contribution in [-0.4, -0.2) is 20.6 Å². The standard InChI is InChI=1S/C25H20I2N2O3/c1-2-5-23-28-21-12-19(26)24(30)20(27)13-22(21)29(23)14-15-8-10-16(11-9-15)17-6-3-4-7-18(17)25(31)32/h3-4,6-13H,2,5,14H2,1H3,(H,31,32). The molecule has 0 fully saturated rings. The van der Waals surface area contributed by atoms with Crippen LogP contribution in [0.25, 0.3) is 22.2 Å². The summed E-state index contributed by atoms with van der Waals surface area (Å²) in [4.78, 5) is 28.8. The molecule has 0 amide bonds. The predicted octanol–water partition coefficient (Wildman–Crippen LogP) is 5.97. The van der Waals surface area contributed by atoms with E-state index < -0.39 is 5.97 Å². The Bertz CT molecular complexity index is 1380. The number of aryl methyl sites for hydroxylation is 1. The molecular weight excluding hydrogens is 630 g/mol. The molecule has 3 aromatic carbocycles. The number of carboxylic acid groups (broad SMARTS) is 1. The van der Waals surface area contributed by atoms with Crippen LogP contribution in [0.4, 0.5) is 0 Å². The molecule has 0 aliphatic rings. The molecular formula is C25H20I2N2O3. The summed E-state index contributed by atoms with van der Waals surface area (Å²) in [5.74, 6) is 0.0571. The van der Waals surface area contributed by atoms with Gasteiger partial charge in [0.15, 0.2) is 0 Å². The van der Waals surface area contributed by atoms with Gasteiger partial charge in [0.1, 0.15) is 5.82 Å². The highest BCUT2D eigenvalue weighted by Gasteiger charge is 2.14. The highest BCUT2D eigenvalue weighted by molar-refractivity contribution is 14.1. The minimum absolute atomic E-state index is 0.0224. The summed E-state index contributed by atoms with van der Waals surface area (Å²) >= 11 is 4.17. The lowest BCUT2D eigenvalue weighted by Crippen LogP contribution is -2.07. The van der Waals surface area contributed by atoms with Crippen molar-refractivity contribution in [2.75, 3.05) is 0 Å². The first-order valence-electron chi connectivity index (χ1n) is 10.2. The van der Waals surface area contributed by atoms with E-state index in [0.29, 0.717) is 19.2 Å². The molecule has 0 saturated heterocycles. The number of fused-ring (bicyclic) bond motifs is 1. The van der Waals surface area contributed by atoms with E-state index in [-0.39, 0.29) is 11.0 Å². The van der Waals surface area contributed by atoms with E-state index in [9.17, 15) is 14.7 Å². The molecule has 5 nitrogen and oxygen atoms in total. The van der Waals surface area contributed by atoms with Gasteiger partial charge in [0.2, 0.25) is 5.43 Å². The first-order valence-corrected chi connectivity index (χ1v) is 12.3. The van der Waals surface area contributed by atoms with Gasteiger partial charge in [0.25, 0.3) is 0 Å². The molecule has 0 atom stereocenters. The molecule has 0 aliphatic carbocycles. The van der Waals surface area contributed by atoms with Crippen LogP contribution < -0.4 is 5.43 Å². The first-order chi connectivity index (χ1) is 15.4. The van der Waals surface area contributed by atoms with Gasteiger partial charge in [-0.15, -0.1) is 0 Å². The number of carbonyl (C=O) groups is 1. The first kappa shape index (κ1) is 22.9. The number of imidazole rings is 1. The fourth-order valence-corrected chi connectivity index (χ4v) is 5.45. The van der Waals surface area contributed by atoms with E-state index in [1.165, 1.54) is 0 Å². The minimum Gasteiger partial charge on any atom is -0.478 e. The number of nitrogens with zero attached hydrogens (tertiary/aromatic N) is 2.